The van der Waals surface area contributed by atoms with Gasteiger partial charge in [0.05, 0.1) is 26.6 Å². The minimum Gasteiger partial charge on any atom is -0.297 e. The van der Waals surface area contributed by atoms with Gasteiger partial charge in [-0.05, 0) is 21.0 Å². The summed E-state index contributed by atoms with van der Waals surface area (Å²) >= 11 is 0. The fourth-order valence-electron chi connectivity index (χ4n) is 1.35. The van der Waals surface area contributed by atoms with E-state index in [9.17, 15) is 0 Å². The third-order valence-electron chi connectivity index (χ3n) is 1.59. The van der Waals surface area contributed by atoms with Gasteiger partial charge in [-0.3, -0.25) is 14.6 Å². The monoisotopic (exact) mass is 159 g/mol. The Balaban J connectivity index is 2.30. The van der Waals surface area contributed by atoms with Crippen LogP contribution in [0.2, 0.25) is 0 Å². The number of nitrogens with zero attached hydrogens (tertiary/aromatic N) is 3. The van der Waals surface area contributed by atoms with Gasteiger partial charge in [0.2, 0.25) is 0 Å². The zero-order valence-electron chi connectivity index (χ0n) is 7.58. The van der Waals surface area contributed by atoms with Crippen LogP contribution in [0.5, 0.6) is 0 Å². The Kier molecular flexibility index (Phi) is 3.26. The zero-order chi connectivity index (χ0) is 8.27. The normalized spacial score (nSPS) is 24.3. The van der Waals surface area contributed by atoms with Gasteiger partial charge in [0.25, 0.3) is 0 Å². The van der Waals surface area contributed by atoms with Crippen molar-refractivity contribution >= 4 is 0 Å². The number of rotatable bonds is 2. The molecule has 1 aliphatic rings. The molecule has 0 radical (unpaired) electrons. The van der Waals surface area contributed by atoms with Gasteiger partial charge in [-0.25, -0.2) is 0 Å². The second-order valence-electron chi connectivity index (χ2n) is 3.04. The molecule has 0 bridgehead atoms. The van der Waals surface area contributed by atoms with Crippen LogP contribution in [0.1, 0.15) is 6.92 Å². The van der Waals surface area contributed by atoms with Crippen LogP contribution in [-0.4, -0.2) is 55.6 Å². The van der Waals surface area contributed by atoms with Crippen LogP contribution in [0.15, 0.2) is 0 Å². The molecule has 1 heterocycles. The van der Waals surface area contributed by atoms with Gasteiger partial charge in [-0.1, -0.05) is 0 Å². The Morgan fingerprint density at radius 1 is 1.09 bits per heavy atom. The molecule has 0 aromatic rings. The Morgan fingerprint density at radius 2 is 1.64 bits per heavy atom. The lowest BCUT2D eigenvalue weighted by Gasteiger charge is -2.37. The Bertz CT molecular complexity index is 110. The van der Waals surface area contributed by atoms with E-state index in [0.29, 0.717) is 0 Å². The molecule has 66 valence electrons. The molecular weight excluding hydrogens is 142 g/mol. The third-order valence-corrected chi connectivity index (χ3v) is 1.59. The third kappa shape index (κ3) is 2.75. The smallest absolute Gasteiger partial charge is 0.0779 e. The topological polar surface area (TPSA) is 19.0 Å². The molecule has 0 atom stereocenters. The van der Waals surface area contributed by atoms with E-state index in [-0.39, 0.29) is 0 Å². The summed E-state index contributed by atoms with van der Waals surface area (Å²) in [5, 5.41) is 1.96. The summed E-state index contributed by atoms with van der Waals surface area (Å²) in [5.41, 5.74) is 0. The van der Waals surface area contributed by atoms with Gasteiger partial charge in [0.1, 0.15) is 0 Å². The van der Waals surface area contributed by atoms with E-state index in [0.717, 1.165) is 26.6 Å². The molecule has 1 rings (SSSR count). The van der Waals surface area contributed by atoms with Gasteiger partial charge < -0.3 is 0 Å². The fraction of sp³-hybridized carbons (Fsp3) is 1.00. The summed E-state index contributed by atoms with van der Waals surface area (Å²) in [7, 11) is 4.17. The van der Waals surface area contributed by atoms with Gasteiger partial charge in [-0.15, -0.1) is 0 Å². The van der Waals surface area contributed by atoms with Crippen molar-refractivity contribution in [1.82, 2.24) is 14.9 Å². The second kappa shape index (κ2) is 4.01. The fourth-order valence-corrected chi connectivity index (χ4v) is 1.35. The van der Waals surface area contributed by atoms with Crippen LogP contribution in [0.25, 0.3) is 0 Å². The summed E-state index contributed by atoms with van der Waals surface area (Å²) in [4.78, 5) is 9.79. The molecular formula is C7H17N3O. The Morgan fingerprint density at radius 3 is 2.09 bits per heavy atom. The van der Waals surface area contributed by atoms with Crippen molar-refractivity contribution in [3.05, 3.63) is 0 Å². The Labute approximate surface area is 68.3 Å². The largest absolute Gasteiger partial charge is 0.297 e. The van der Waals surface area contributed by atoms with Crippen LogP contribution < -0.4 is 0 Å². The number of hydrogen-bond acceptors (Lipinski definition) is 4. The minimum absolute atomic E-state index is 0.752. The molecule has 1 aliphatic heterocycles. The lowest BCUT2D eigenvalue weighted by molar-refractivity contribution is -0.224. The van der Waals surface area contributed by atoms with Crippen molar-refractivity contribution in [1.29, 1.82) is 0 Å². The SMILES string of the molecule is CCON1CN(C)CN(C)C1. The van der Waals surface area contributed by atoms with Crippen molar-refractivity contribution in [2.24, 2.45) is 0 Å². The van der Waals surface area contributed by atoms with Gasteiger partial charge in [0.15, 0.2) is 0 Å². The molecule has 1 fully saturated rings. The average molecular weight is 159 g/mol. The molecule has 0 amide bonds. The van der Waals surface area contributed by atoms with E-state index in [2.05, 4.69) is 23.9 Å². The lowest BCUT2D eigenvalue weighted by atomic mass is 10.6. The molecule has 0 spiro atoms. The molecule has 4 nitrogen and oxygen atoms in total. The van der Waals surface area contributed by atoms with E-state index < -0.39 is 0 Å². The van der Waals surface area contributed by atoms with Crippen LogP contribution in [-0.2, 0) is 4.84 Å². The summed E-state index contributed by atoms with van der Waals surface area (Å²) < 4.78 is 0. The van der Waals surface area contributed by atoms with Crippen molar-refractivity contribution in [3.8, 4) is 0 Å². The average Bonchev–Trinajstić information content (AvgIpc) is 1.85. The molecule has 0 N–H and O–H groups in total. The highest BCUT2D eigenvalue weighted by molar-refractivity contribution is 4.56. The number of hydroxylamine groups is 2. The minimum atomic E-state index is 0.752. The molecule has 4 heteroatoms. The molecule has 1 saturated heterocycles. The van der Waals surface area contributed by atoms with Gasteiger partial charge in [-0.2, -0.15) is 5.06 Å². The predicted octanol–water partition coefficient (Wildman–Crippen LogP) is -0.0104. The Hall–Kier alpha value is -0.160. The van der Waals surface area contributed by atoms with E-state index in [1.807, 2.05) is 12.0 Å². The molecule has 0 aromatic heterocycles. The van der Waals surface area contributed by atoms with Crippen LogP contribution in [0, 0.1) is 0 Å². The predicted molar refractivity (Wildman–Crippen MR) is 43.6 cm³/mol. The lowest BCUT2D eigenvalue weighted by Crippen LogP contribution is -2.51. The summed E-state index contributed by atoms with van der Waals surface area (Å²) in [5.74, 6) is 0. The van der Waals surface area contributed by atoms with Crippen molar-refractivity contribution < 1.29 is 4.84 Å². The molecule has 11 heavy (non-hydrogen) atoms. The van der Waals surface area contributed by atoms with Gasteiger partial charge >= 0.3 is 0 Å². The first-order valence-corrected chi connectivity index (χ1v) is 3.97. The van der Waals surface area contributed by atoms with Gasteiger partial charge in [0, 0.05) is 0 Å². The standard InChI is InChI=1S/C7H17N3O/c1-4-11-10-6-8(2)5-9(3)7-10/h4-7H2,1-3H3. The maximum atomic E-state index is 5.37. The molecule has 0 aliphatic carbocycles. The van der Waals surface area contributed by atoms with Crippen molar-refractivity contribution in [3.63, 3.8) is 0 Å². The van der Waals surface area contributed by atoms with E-state index in [1.54, 1.807) is 0 Å². The summed E-state index contributed by atoms with van der Waals surface area (Å²) in [6.45, 7) is 5.58. The number of hydrogen-bond donors (Lipinski definition) is 0. The first-order chi connectivity index (χ1) is 5.22. The van der Waals surface area contributed by atoms with Crippen LogP contribution in [0.4, 0.5) is 0 Å². The van der Waals surface area contributed by atoms with Crippen LogP contribution >= 0.6 is 0 Å². The van der Waals surface area contributed by atoms with Crippen molar-refractivity contribution in [2.45, 2.75) is 6.92 Å². The molecule has 0 saturated carbocycles. The molecule has 0 unspecified atom stereocenters. The molecule has 0 aromatic carbocycles. The van der Waals surface area contributed by atoms with Crippen LogP contribution in [0.3, 0.4) is 0 Å². The van der Waals surface area contributed by atoms with Crippen molar-refractivity contribution in [2.75, 3.05) is 40.7 Å². The van der Waals surface area contributed by atoms with E-state index in [1.165, 1.54) is 0 Å². The summed E-state index contributed by atoms with van der Waals surface area (Å²) in [6, 6.07) is 0. The first kappa shape index (κ1) is 8.93. The maximum Gasteiger partial charge on any atom is 0.0779 e. The highest BCUT2D eigenvalue weighted by atomic mass is 16.7. The van der Waals surface area contributed by atoms with E-state index >= 15 is 0 Å². The first-order valence-electron chi connectivity index (χ1n) is 3.97. The second-order valence-corrected chi connectivity index (χ2v) is 3.04. The zero-order valence-corrected chi connectivity index (χ0v) is 7.58. The van der Waals surface area contributed by atoms with E-state index in [4.69, 9.17) is 4.84 Å². The highest BCUT2D eigenvalue weighted by Gasteiger charge is 2.17. The maximum absolute atomic E-state index is 5.37. The summed E-state index contributed by atoms with van der Waals surface area (Å²) in [6.07, 6.45) is 0. The highest BCUT2D eigenvalue weighted by Crippen LogP contribution is 2.02. The quantitative estimate of drug-likeness (QED) is 0.564.